The molecule has 4 N–H and O–H groups in total. The summed E-state index contributed by atoms with van der Waals surface area (Å²) >= 11 is 14.2. The summed E-state index contributed by atoms with van der Waals surface area (Å²) in [4.78, 5) is 47.4. The molecular weight excluding hydrogens is 885 g/mol. The smallest absolute Gasteiger partial charge is 0.248 e. The van der Waals surface area contributed by atoms with Crippen molar-refractivity contribution in [3.8, 4) is 34.5 Å². The first-order valence-corrected chi connectivity index (χ1v) is 22.5. The van der Waals surface area contributed by atoms with Crippen LogP contribution in [-0.4, -0.2) is 112 Å². The zero-order valence-electron chi connectivity index (χ0n) is 37.3. The lowest BCUT2D eigenvalue weighted by molar-refractivity contribution is 0.0358. The van der Waals surface area contributed by atoms with Gasteiger partial charge in [-0.05, 0) is 70.5 Å². The van der Waals surface area contributed by atoms with Gasteiger partial charge < -0.3 is 34.8 Å². The molecule has 1 saturated heterocycles. The van der Waals surface area contributed by atoms with Crippen LogP contribution >= 0.6 is 23.2 Å². The van der Waals surface area contributed by atoms with Gasteiger partial charge in [0.2, 0.25) is 11.8 Å². The Balaban J connectivity index is 1.18. The molecule has 9 rings (SSSR count). The lowest BCUT2D eigenvalue weighted by Gasteiger charge is -2.26. The summed E-state index contributed by atoms with van der Waals surface area (Å²) in [5.74, 6) is 0.413. The topological polar surface area (TPSA) is 214 Å². The van der Waals surface area contributed by atoms with Crippen molar-refractivity contribution in [3.63, 3.8) is 0 Å². The van der Waals surface area contributed by atoms with Gasteiger partial charge in [0, 0.05) is 67.7 Å². The van der Waals surface area contributed by atoms with E-state index in [0.29, 0.717) is 111 Å². The average Bonchev–Trinajstić information content (AvgIpc) is 4.06. The fourth-order valence-electron chi connectivity index (χ4n) is 8.79. The van der Waals surface area contributed by atoms with Gasteiger partial charge in [-0.2, -0.15) is 10.2 Å². The van der Waals surface area contributed by atoms with Gasteiger partial charge in [-0.25, -0.2) is 19.9 Å². The van der Waals surface area contributed by atoms with E-state index >= 15 is 0 Å². The first-order chi connectivity index (χ1) is 31.9. The highest BCUT2D eigenvalue weighted by atomic mass is 35.5. The molecule has 0 radical (unpaired) electrons. The highest BCUT2D eigenvalue weighted by Gasteiger charge is 2.26. The maximum Gasteiger partial charge on any atom is 0.248 e. The number of aromatic nitrogens is 10. The largest absolute Gasteiger partial charge is 0.495 e. The Morgan fingerprint density at radius 1 is 0.727 bits per heavy atom. The van der Waals surface area contributed by atoms with Crippen molar-refractivity contribution < 1.29 is 23.8 Å². The molecule has 2 aromatic carbocycles. The minimum Gasteiger partial charge on any atom is -0.495 e. The van der Waals surface area contributed by atoms with Crippen LogP contribution in [0.5, 0.6) is 11.5 Å². The Kier molecular flexibility index (Phi) is 12.4. The Bertz CT molecular complexity index is 3230. The van der Waals surface area contributed by atoms with E-state index in [1.54, 1.807) is 24.3 Å². The average molecular weight is 935 g/mol. The number of nitrogens with zero attached hydrogens (tertiary/aromatic N) is 11. The summed E-state index contributed by atoms with van der Waals surface area (Å²) in [7, 11) is 1.53. The van der Waals surface area contributed by atoms with Gasteiger partial charge in [0.15, 0.2) is 11.6 Å². The number of primary amides is 2. The first-order valence-electron chi connectivity index (χ1n) is 21.8. The van der Waals surface area contributed by atoms with E-state index in [0.717, 1.165) is 37.4 Å². The molecule has 0 atom stereocenters. The number of hydrogen-bond donors (Lipinski definition) is 2. The van der Waals surface area contributed by atoms with Crippen molar-refractivity contribution >= 4 is 78.9 Å². The number of rotatable bonds is 16. The molecule has 20 heteroatoms. The van der Waals surface area contributed by atoms with Gasteiger partial charge in [0.05, 0.1) is 60.1 Å². The van der Waals surface area contributed by atoms with E-state index in [4.69, 9.17) is 68.8 Å². The van der Waals surface area contributed by atoms with Crippen LogP contribution in [0.4, 0.5) is 0 Å². The van der Waals surface area contributed by atoms with Gasteiger partial charge in [0.25, 0.3) is 0 Å². The summed E-state index contributed by atoms with van der Waals surface area (Å²) in [5, 5.41) is 11.9. The lowest BCUT2D eigenvalue weighted by atomic mass is 10.1. The third-order valence-electron chi connectivity index (χ3n) is 11.8. The van der Waals surface area contributed by atoms with Crippen molar-refractivity contribution in [2.45, 2.75) is 60.3 Å². The number of halogens is 2. The summed E-state index contributed by atoms with van der Waals surface area (Å²) in [6.45, 7) is 13.9. The van der Waals surface area contributed by atoms with Crippen molar-refractivity contribution in [3.05, 3.63) is 81.4 Å². The van der Waals surface area contributed by atoms with Crippen LogP contribution in [0.3, 0.4) is 0 Å². The van der Waals surface area contributed by atoms with E-state index in [9.17, 15) is 9.59 Å². The number of amides is 2. The molecule has 1 aliphatic heterocycles. The van der Waals surface area contributed by atoms with Crippen LogP contribution < -0.4 is 20.9 Å². The van der Waals surface area contributed by atoms with E-state index < -0.39 is 11.8 Å². The van der Waals surface area contributed by atoms with Gasteiger partial charge in [-0.3, -0.25) is 23.9 Å². The highest BCUT2D eigenvalue weighted by Crippen LogP contribution is 2.41. The van der Waals surface area contributed by atoms with Crippen LogP contribution in [0.25, 0.3) is 66.9 Å². The van der Waals surface area contributed by atoms with Crippen LogP contribution in [0, 0.1) is 13.8 Å². The zero-order valence-corrected chi connectivity index (χ0v) is 38.8. The number of carbonyl (C=O) groups excluding carboxylic acids is 2. The first kappa shape index (κ1) is 44.6. The summed E-state index contributed by atoms with van der Waals surface area (Å²) in [6, 6.07) is 10.5. The van der Waals surface area contributed by atoms with Crippen molar-refractivity contribution in [1.82, 2.24) is 53.5 Å². The van der Waals surface area contributed by atoms with Crippen molar-refractivity contribution in [2.75, 3.05) is 46.6 Å². The molecule has 7 heterocycles. The van der Waals surface area contributed by atoms with E-state index in [-0.39, 0.29) is 34.5 Å². The van der Waals surface area contributed by atoms with Gasteiger partial charge in [-0.1, -0.05) is 35.4 Å². The van der Waals surface area contributed by atoms with Gasteiger partial charge in [0.1, 0.15) is 44.5 Å². The predicted molar refractivity (Wildman–Crippen MR) is 253 cm³/mol. The third-order valence-corrected chi connectivity index (χ3v) is 12.4. The molecule has 1 fully saturated rings. The molecule has 0 spiro atoms. The number of fused-ring (bicyclic) bond motifs is 6. The summed E-state index contributed by atoms with van der Waals surface area (Å²) < 4.78 is 25.6. The number of methoxy groups -OCH3 is 1. The van der Waals surface area contributed by atoms with Gasteiger partial charge >= 0.3 is 0 Å². The van der Waals surface area contributed by atoms with E-state index in [1.165, 1.54) is 7.11 Å². The Hall–Kier alpha value is -6.60. The number of ether oxygens (including phenoxy) is 3. The molecule has 8 aromatic rings. The maximum absolute atomic E-state index is 12.8. The van der Waals surface area contributed by atoms with E-state index in [1.807, 2.05) is 70.5 Å². The monoisotopic (exact) mass is 933 g/mol. The van der Waals surface area contributed by atoms with Crippen LogP contribution in [-0.2, 0) is 30.9 Å². The fourth-order valence-corrected chi connectivity index (χ4v) is 9.32. The molecule has 6 aromatic heterocycles. The highest BCUT2D eigenvalue weighted by molar-refractivity contribution is 6.37. The second kappa shape index (κ2) is 18.4. The minimum absolute atomic E-state index is 0.193. The molecule has 0 unspecified atom stereocenters. The normalized spacial score (nSPS) is 13.6. The molecule has 0 bridgehead atoms. The number of aryl methyl sites for hydroxylation is 4. The zero-order chi connectivity index (χ0) is 46.4. The number of nitrogens with two attached hydrogens (primary N) is 2. The standard InChI is InChI=1S/C46H49Cl2N13O5/c1-6-60-31(19-25(3)55-60)43-51-39(47)35-29-21-27(41(49)62)23-33(64-5)37(29)58(45(35)53-43)12-8-9-13-59-38-30(36-40(48)52-44(54-46(36)59)32-20-26(4)56-61(32)7-2)22-28(42(50)63)24-34(38)66-16-10-11-57-14-17-65-18-15-57/h8-9,19-24H,6-7,10-18H2,1-5H3,(H2,49,62)(H2,50,63)/b9-8+. The van der Waals surface area contributed by atoms with Crippen LogP contribution in [0.15, 0.2) is 48.6 Å². The maximum atomic E-state index is 12.8. The summed E-state index contributed by atoms with van der Waals surface area (Å²) in [5.41, 5.74) is 17.6. The number of hydrogen-bond acceptors (Lipinski definition) is 12. The SMILES string of the molecule is CCn1nc(C)cc1-c1nc(Cl)c2c3cc(C(N)=O)cc(OC)c3n(C/C=C/Cn3c4nc(-c5cc(C)nn5CC)nc(Cl)c4c4cc(C(N)=O)cc(OCCCN5CCOCC5)c43)c2n1. The molecule has 0 saturated carbocycles. The lowest BCUT2D eigenvalue weighted by Crippen LogP contribution is -2.37. The van der Waals surface area contributed by atoms with Gasteiger partial charge in [-0.15, -0.1) is 0 Å². The minimum atomic E-state index is -0.622. The molecule has 0 aliphatic carbocycles. The third kappa shape index (κ3) is 8.18. The number of morpholine rings is 1. The quantitative estimate of drug-likeness (QED) is 0.0586. The molecule has 342 valence electrons. The summed E-state index contributed by atoms with van der Waals surface area (Å²) in [6.07, 6.45) is 4.74. The van der Waals surface area contributed by atoms with Crippen LogP contribution in [0.2, 0.25) is 10.3 Å². The van der Waals surface area contributed by atoms with Crippen molar-refractivity contribution in [1.29, 1.82) is 0 Å². The number of carbonyl (C=O) groups is 2. The Morgan fingerprint density at radius 3 is 1.68 bits per heavy atom. The fraction of sp³-hybridized carbons (Fsp3) is 0.348. The Morgan fingerprint density at radius 2 is 1.21 bits per heavy atom. The van der Waals surface area contributed by atoms with Crippen LogP contribution in [0.1, 0.15) is 52.4 Å². The second-order valence-corrected chi connectivity index (χ2v) is 16.8. The van der Waals surface area contributed by atoms with Crippen molar-refractivity contribution in [2.24, 2.45) is 11.5 Å². The number of benzene rings is 2. The van der Waals surface area contributed by atoms with E-state index in [2.05, 4.69) is 15.1 Å². The predicted octanol–water partition coefficient (Wildman–Crippen LogP) is 6.74. The molecule has 2 amide bonds. The molecule has 18 nitrogen and oxygen atoms in total. The Labute approximate surface area is 389 Å². The molecular formula is C46H49Cl2N13O5. The molecule has 66 heavy (non-hydrogen) atoms. The number of allylic oxidation sites excluding steroid dienone is 2. The molecule has 1 aliphatic rings. The second-order valence-electron chi connectivity index (χ2n) is 16.1.